The molecule has 0 unspecified atom stereocenters. The average molecular weight is 284 g/mol. The van der Waals surface area contributed by atoms with Crippen LogP contribution < -0.4 is 4.74 Å². The van der Waals surface area contributed by atoms with E-state index in [2.05, 4.69) is 9.97 Å². The van der Waals surface area contributed by atoms with Crippen LogP contribution in [0.15, 0.2) is 42.9 Å². The van der Waals surface area contributed by atoms with Crippen molar-refractivity contribution in [2.24, 2.45) is 7.05 Å². The number of nitro benzene ring substituents is 1. The summed E-state index contributed by atoms with van der Waals surface area (Å²) in [6.07, 6.45) is 3.34. The fourth-order valence-electron chi connectivity index (χ4n) is 2.06. The van der Waals surface area contributed by atoms with Gasteiger partial charge in [-0.3, -0.25) is 10.1 Å². The van der Waals surface area contributed by atoms with E-state index in [4.69, 9.17) is 4.74 Å². The van der Waals surface area contributed by atoms with Crippen LogP contribution in [0, 0.1) is 10.1 Å². The van der Waals surface area contributed by atoms with Crippen molar-refractivity contribution in [3.8, 4) is 5.88 Å². The van der Waals surface area contributed by atoms with Crippen LogP contribution in [0.4, 0.5) is 5.69 Å². The Hall–Kier alpha value is -2.96. The maximum Gasteiger partial charge on any atom is 0.269 e. The standard InChI is InChI=1S/C14H12N4O3/c1-17-7-6-12-13(17)14(16-9-15-12)21-8-10-2-4-11(5-3-10)18(19)20/h2-7,9H,8H2,1H3. The number of non-ortho nitro benzene ring substituents is 1. The Balaban J connectivity index is 1.80. The molecule has 0 aliphatic heterocycles. The Morgan fingerprint density at radius 1 is 1.24 bits per heavy atom. The third-order valence-corrected chi connectivity index (χ3v) is 3.15. The molecule has 0 radical (unpaired) electrons. The Kier molecular flexibility index (Phi) is 3.23. The normalized spacial score (nSPS) is 10.7. The third kappa shape index (κ3) is 2.53. The predicted octanol–water partition coefficient (Wildman–Crippen LogP) is 2.46. The lowest BCUT2D eigenvalue weighted by Gasteiger charge is -2.07. The number of fused-ring (bicyclic) bond motifs is 1. The molecule has 0 spiro atoms. The van der Waals surface area contributed by atoms with Crippen molar-refractivity contribution in [2.75, 3.05) is 0 Å². The average Bonchev–Trinajstić information content (AvgIpc) is 2.88. The van der Waals surface area contributed by atoms with Crippen molar-refractivity contribution in [3.05, 3.63) is 58.5 Å². The van der Waals surface area contributed by atoms with Crippen molar-refractivity contribution < 1.29 is 9.66 Å². The first-order valence-electron chi connectivity index (χ1n) is 6.27. The monoisotopic (exact) mass is 284 g/mol. The van der Waals surface area contributed by atoms with Gasteiger partial charge in [0.15, 0.2) is 0 Å². The Labute approximate surface area is 120 Å². The highest BCUT2D eigenvalue weighted by molar-refractivity contribution is 5.80. The maximum atomic E-state index is 10.6. The lowest BCUT2D eigenvalue weighted by atomic mass is 10.2. The van der Waals surface area contributed by atoms with Gasteiger partial charge >= 0.3 is 0 Å². The smallest absolute Gasteiger partial charge is 0.269 e. The van der Waals surface area contributed by atoms with E-state index < -0.39 is 4.92 Å². The lowest BCUT2D eigenvalue weighted by molar-refractivity contribution is -0.384. The second-order valence-corrected chi connectivity index (χ2v) is 4.55. The summed E-state index contributed by atoms with van der Waals surface area (Å²) >= 11 is 0. The van der Waals surface area contributed by atoms with Crippen molar-refractivity contribution in [1.82, 2.24) is 14.5 Å². The maximum absolute atomic E-state index is 10.6. The minimum atomic E-state index is -0.428. The molecule has 0 aliphatic rings. The molecule has 0 saturated heterocycles. The zero-order chi connectivity index (χ0) is 14.8. The van der Waals surface area contributed by atoms with Gasteiger partial charge in [-0.05, 0) is 23.8 Å². The molecule has 7 heteroatoms. The molecule has 0 atom stereocenters. The van der Waals surface area contributed by atoms with Gasteiger partial charge in [0.2, 0.25) is 5.88 Å². The summed E-state index contributed by atoms with van der Waals surface area (Å²) in [5.74, 6) is 0.492. The molecular weight excluding hydrogens is 272 g/mol. The van der Waals surface area contributed by atoms with Crippen molar-refractivity contribution >= 4 is 16.7 Å². The molecule has 0 aliphatic carbocycles. The van der Waals surface area contributed by atoms with Crippen LogP contribution in [-0.4, -0.2) is 19.5 Å². The van der Waals surface area contributed by atoms with Gasteiger partial charge in [-0.15, -0.1) is 0 Å². The van der Waals surface area contributed by atoms with Gasteiger partial charge in [-0.1, -0.05) is 0 Å². The minimum Gasteiger partial charge on any atom is -0.471 e. The summed E-state index contributed by atoms with van der Waals surface area (Å²) in [4.78, 5) is 18.5. The number of nitrogens with zero attached hydrogens (tertiary/aromatic N) is 4. The molecule has 1 aromatic carbocycles. The highest BCUT2D eigenvalue weighted by Gasteiger charge is 2.09. The molecule has 0 saturated carbocycles. The number of ether oxygens (including phenoxy) is 1. The van der Waals surface area contributed by atoms with Crippen LogP contribution >= 0.6 is 0 Å². The van der Waals surface area contributed by atoms with E-state index in [1.54, 1.807) is 12.1 Å². The van der Waals surface area contributed by atoms with Gasteiger partial charge in [0, 0.05) is 25.4 Å². The Morgan fingerprint density at radius 3 is 2.71 bits per heavy atom. The molecular formula is C14H12N4O3. The molecule has 7 nitrogen and oxygen atoms in total. The molecule has 0 N–H and O–H groups in total. The summed E-state index contributed by atoms with van der Waals surface area (Å²) in [6, 6.07) is 8.13. The van der Waals surface area contributed by atoms with Crippen molar-refractivity contribution in [1.29, 1.82) is 0 Å². The van der Waals surface area contributed by atoms with Gasteiger partial charge in [-0.25, -0.2) is 4.98 Å². The number of rotatable bonds is 4. The SMILES string of the molecule is Cn1ccc2ncnc(OCc3ccc([N+](=O)[O-])cc3)c21. The first kappa shape index (κ1) is 13.0. The van der Waals surface area contributed by atoms with Crippen LogP contribution in [0.3, 0.4) is 0 Å². The molecule has 106 valence electrons. The second-order valence-electron chi connectivity index (χ2n) is 4.55. The number of aryl methyl sites for hydroxylation is 1. The number of hydrogen-bond donors (Lipinski definition) is 0. The van der Waals surface area contributed by atoms with Crippen LogP contribution in [0.25, 0.3) is 11.0 Å². The number of benzene rings is 1. The largest absolute Gasteiger partial charge is 0.471 e. The molecule has 2 heterocycles. The third-order valence-electron chi connectivity index (χ3n) is 3.15. The van der Waals surface area contributed by atoms with E-state index in [1.807, 2.05) is 23.9 Å². The van der Waals surface area contributed by atoms with Gasteiger partial charge in [0.1, 0.15) is 18.5 Å². The quantitative estimate of drug-likeness (QED) is 0.543. The molecule has 0 amide bonds. The number of hydrogen-bond acceptors (Lipinski definition) is 5. The predicted molar refractivity (Wildman–Crippen MR) is 75.9 cm³/mol. The van der Waals surface area contributed by atoms with Crippen LogP contribution in [-0.2, 0) is 13.7 Å². The fraction of sp³-hybridized carbons (Fsp3) is 0.143. The minimum absolute atomic E-state index is 0.0608. The van der Waals surface area contributed by atoms with Gasteiger partial charge in [0.05, 0.1) is 10.4 Å². The zero-order valence-corrected chi connectivity index (χ0v) is 11.3. The second kappa shape index (κ2) is 5.20. The zero-order valence-electron chi connectivity index (χ0n) is 11.3. The van der Waals surface area contributed by atoms with Gasteiger partial charge < -0.3 is 9.30 Å². The fourth-order valence-corrected chi connectivity index (χ4v) is 2.06. The van der Waals surface area contributed by atoms with E-state index in [9.17, 15) is 10.1 Å². The molecule has 21 heavy (non-hydrogen) atoms. The lowest BCUT2D eigenvalue weighted by Crippen LogP contribution is -2.00. The molecule has 0 bridgehead atoms. The Morgan fingerprint density at radius 2 is 2.00 bits per heavy atom. The van der Waals surface area contributed by atoms with Gasteiger partial charge in [-0.2, -0.15) is 4.98 Å². The van der Waals surface area contributed by atoms with Crippen LogP contribution in [0.5, 0.6) is 5.88 Å². The van der Waals surface area contributed by atoms with E-state index in [-0.39, 0.29) is 12.3 Å². The summed E-state index contributed by atoms with van der Waals surface area (Å²) in [6.45, 7) is 0.287. The van der Waals surface area contributed by atoms with E-state index in [1.165, 1.54) is 18.5 Å². The van der Waals surface area contributed by atoms with Crippen molar-refractivity contribution in [2.45, 2.75) is 6.61 Å². The number of nitro groups is 1. The first-order valence-corrected chi connectivity index (χ1v) is 6.27. The highest BCUT2D eigenvalue weighted by atomic mass is 16.6. The van der Waals surface area contributed by atoms with Crippen LogP contribution in [0.1, 0.15) is 5.56 Å². The number of aromatic nitrogens is 3. The highest BCUT2D eigenvalue weighted by Crippen LogP contribution is 2.22. The topological polar surface area (TPSA) is 83.1 Å². The van der Waals surface area contributed by atoms with E-state index in [0.29, 0.717) is 5.88 Å². The molecule has 3 aromatic rings. The van der Waals surface area contributed by atoms with E-state index >= 15 is 0 Å². The summed E-state index contributed by atoms with van der Waals surface area (Å²) in [5.41, 5.74) is 2.53. The molecule has 2 aromatic heterocycles. The molecule has 0 fully saturated rings. The summed E-state index contributed by atoms with van der Waals surface area (Å²) in [7, 11) is 1.89. The van der Waals surface area contributed by atoms with E-state index in [0.717, 1.165) is 16.6 Å². The van der Waals surface area contributed by atoms with Crippen LogP contribution in [0.2, 0.25) is 0 Å². The summed E-state index contributed by atoms with van der Waals surface area (Å²) < 4.78 is 7.59. The summed E-state index contributed by atoms with van der Waals surface area (Å²) in [5, 5.41) is 10.6. The first-order chi connectivity index (χ1) is 10.1. The molecule has 3 rings (SSSR count). The van der Waals surface area contributed by atoms with Gasteiger partial charge in [0.25, 0.3) is 5.69 Å². The van der Waals surface area contributed by atoms with Crippen molar-refractivity contribution in [3.63, 3.8) is 0 Å². The Bertz CT molecular complexity index is 796.